The second-order valence-corrected chi connectivity index (χ2v) is 23.1. The van der Waals surface area contributed by atoms with Crippen LogP contribution >= 0.6 is 0 Å². The molecule has 1 N–H and O–H groups in total. The van der Waals surface area contributed by atoms with Crippen LogP contribution < -0.4 is 114 Å². The van der Waals surface area contributed by atoms with Crippen molar-refractivity contribution in [1.29, 1.82) is 0 Å². The molecule has 0 saturated heterocycles. The summed E-state index contributed by atoms with van der Waals surface area (Å²) in [6.07, 6.45) is 0. The number of ether oxygens (including phenoxy) is 4. The molecule has 0 amide bonds. The molecular formula is C66H56I3N11O6Zn. The Kier molecular flexibility index (Phi) is 18.3. The van der Waals surface area contributed by atoms with E-state index in [4.69, 9.17) is 58.8 Å². The van der Waals surface area contributed by atoms with E-state index in [-0.39, 0.29) is 97.0 Å². The molecule has 5 heterocycles. The van der Waals surface area contributed by atoms with Crippen molar-refractivity contribution in [2.45, 2.75) is 0 Å². The Morgan fingerprint density at radius 2 is 0.644 bits per heavy atom. The van der Waals surface area contributed by atoms with Crippen LogP contribution in [0.3, 0.4) is 0 Å². The van der Waals surface area contributed by atoms with Gasteiger partial charge in [0, 0.05) is 63.0 Å². The third-order valence-electron chi connectivity index (χ3n) is 14.4. The zero-order valence-electron chi connectivity index (χ0n) is 48.9. The molecule has 0 spiro atoms. The number of carboxylic acids is 1. The van der Waals surface area contributed by atoms with Gasteiger partial charge in [-0.2, -0.15) is 0 Å². The molecule has 87 heavy (non-hydrogen) atoms. The minimum absolute atomic E-state index is 0. The summed E-state index contributed by atoms with van der Waals surface area (Å²) in [5.74, 6) is 4.97. The second-order valence-electron chi connectivity index (χ2n) is 23.1. The van der Waals surface area contributed by atoms with Crippen LogP contribution in [0.25, 0.3) is 89.7 Å². The van der Waals surface area contributed by atoms with Crippen molar-refractivity contribution >= 4 is 67.2 Å². The predicted octanol–water partition coefficient (Wildman–Crippen LogP) is 4.59. The molecule has 11 aromatic rings. The van der Waals surface area contributed by atoms with Gasteiger partial charge in [-0.25, -0.2) is 14.8 Å². The van der Waals surface area contributed by atoms with Crippen LogP contribution in [0.15, 0.2) is 170 Å². The predicted molar refractivity (Wildman–Crippen MR) is 326 cm³/mol. The van der Waals surface area contributed by atoms with E-state index in [9.17, 15) is 9.90 Å². The van der Waals surface area contributed by atoms with Gasteiger partial charge in [-0.3, -0.25) is 13.4 Å². The molecule has 21 heteroatoms. The first-order valence-corrected chi connectivity index (χ1v) is 26.8. The first-order chi connectivity index (χ1) is 39.7. The van der Waals surface area contributed by atoms with E-state index in [0.717, 1.165) is 17.1 Å². The molecular weight excluding hydrogens is 1490 g/mol. The number of quaternary nitrogens is 3. The number of hydrogen-bond donors (Lipinski definition) is 1. The molecule has 8 bridgehead atoms. The largest absolute Gasteiger partial charge is 2.00 e. The molecule has 434 valence electrons. The quantitative estimate of drug-likeness (QED) is 0.102. The van der Waals surface area contributed by atoms with E-state index in [1.54, 1.807) is 18.2 Å². The SMILES string of the molecule is C[N+](C)(C)c1cccc(Oc2ccc3c(c2)-c2nc-3nc3[n-]c(nc4nc(nc5[n-]c(n2)c2ccc(Oc6ccc(C(=O)O)cc6)cc52)-c2ccc(Oc5cccc([N+](C)(C)C)c5)cc2-4)c2ccc(Oc4cccc([N+](C)(C)C)c4)cc32)c1.[I-].[I-].[I-].[Zn+2]. The van der Waals surface area contributed by atoms with Crippen LogP contribution in [0.5, 0.6) is 46.0 Å². The molecule has 0 atom stereocenters. The summed E-state index contributed by atoms with van der Waals surface area (Å²) < 4.78 is 27.9. The molecule has 13 rings (SSSR count). The van der Waals surface area contributed by atoms with Crippen LogP contribution in [0.4, 0.5) is 17.1 Å². The van der Waals surface area contributed by atoms with Gasteiger partial charge >= 0.3 is 25.4 Å². The Bertz CT molecular complexity index is 4590. The van der Waals surface area contributed by atoms with Gasteiger partial charge in [0.05, 0.1) is 92.3 Å². The van der Waals surface area contributed by atoms with Gasteiger partial charge in [0.25, 0.3) is 0 Å². The van der Waals surface area contributed by atoms with E-state index in [1.165, 1.54) is 12.1 Å². The number of carbonyl (C=O) groups is 1. The first kappa shape index (κ1) is 64.0. The van der Waals surface area contributed by atoms with E-state index in [0.29, 0.717) is 149 Å². The average Bonchev–Trinajstić information content (AvgIpc) is 2.81. The molecule has 0 unspecified atom stereocenters. The summed E-state index contributed by atoms with van der Waals surface area (Å²) in [5, 5.41) is 12.2. The van der Waals surface area contributed by atoms with Gasteiger partial charge < -0.3 is 126 Å². The number of fused-ring (bicyclic) bond motifs is 20. The zero-order valence-corrected chi connectivity index (χ0v) is 58.4. The number of rotatable bonds is 12. The van der Waals surface area contributed by atoms with Crippen molar-refractivity contribution in [2.24, 2.45) is 0 Å². The fraction of sp³-hybridized carbons (Fsp3) is 0.136. The molecule has 0 aliphatic carbocycles. The molecule has 17 nitrogen and oxygen atoms in total. The second kappa shape index (κ2) is 24.9. The molecule has 0 saturated carbocycles. The summed E-state index contributed by atoms with van der Waals surface area (Å²) in [6.45, 7) is 0. The Labute approximate surface area is 566 Å². The summed E-state index contributed by atoms with van der Waals surface area (Å²) >= 11 is 0. The standard InChI is InChI=1S/C66H55N11O6.3HI.Zn/c1-75(2,3)39-13-10-16-43(31-39)81-47-24-28-51-55(35-47)64-70-59(51)68-62-54-34-46(80-42-21-19-38(20-22-42)66(78)79)23-27-50(54)58(67-62)69-63-56-36-48(82-44-17-11-14-40(32-44)76(4,5)6)25-29-52(56)60(71-63)73-65-57-37-49(26-30-53(57)61(72-64)74-65)83-45-18-12-15-41(33-45)77(7,8)9;;;;/h10-37H,1-9H3;3*1H;/q;;;;+2/p-2. The molecule has 0 fully saturated rings. The third-order valence-corrected chi connectivity index (χ3v) is 14.4. The van der Waals surface area contributed by atoms with Crippen LogP contribution in [0, 0.1) is 0 Å². The van der Waals surface area contributed by atoms with Crippen LogP contribution in [-0.4, -0.2) is 104 Å². The van der Waals surface area contributed by atoms with Crippen molar-refractivity contribution in [3.8, 4) is 91.5 Å². The van der Waals surface area contributed by atoms with Crippen molar-refractivity contribution < 1.29 is 120 Å². The van der Waals surface area contributed by atoms with Crippen LogP contribution in [0.1, 0.15) is 10.4 Å². The summed E-state index contributed by atoms with van der Waals surface area (Å²) in [7, 11) is 19.0. The summed E-state index contributed by atoms with van der Waals surface area (Å²) in [6, 6.07) is 53.0. The number of benzene rings is 8. The van der Waals surface area contributed by atoms with Crippen molar-refractivity contribution in [2.75, 3.05) is 63.4 Å². The molecule has 2 aliphatic heterocycles. The smallest absolute Gasteiger partial charge is 1.00 e. The van der Waals surface area contributed by atoms with E-state index in [1.807, 2.05) is 121 Å². The Morgan fingerprint density at radius 1 is 0.345 bits per heavy atom. The Hall–Kier alpha value is -7.52. The van der Waals surface area contributed by atoms with Crippen LogP contribution in [-0.2, 0) is 19.5 Å². The maximum Gasteiger partial charge on any atom is 2.00 e. The van der Waals surface area contributed by atoms with Crippen molar-refractivity contribution in [3.05, 3.63) is 175 Å². The number of halogens is 3. The summed E-state index contributed by atoms with van der Waals surface area (Å²) in [4.78, 5) is 53.4. The van der Waals surface area contributed by atoms with Crippen molar-refractivity contribution in [3.63, 3.8) is 0 Å². The minimum atomic E-state index is -1.04. The number of nitrogens with zero attached hydrogens (tertiary/aromatic N) is 11. The maximum atomic E-state index is 11.7. The topological polar surface area (TPSA) is 180 Å². The van der Waals surface area contributed by atoms with Crippen LogP contribution in [0.2, 0.25) is 0 Å². The van der Waals surface area contributed by atoms with Gasteiger partial charge in [-0.1, -0.05) is 18.2 Å². The molecule has 0 radical (unpaired) electrons. The normalized spacial score (nSPS) is 11.7. The third kappa shape index (κ3) is 13.2. The van der Waals surface area contributed by atoms with Gasteiger partial charge in [0.1, 0.15) is 63.1 Å². The van der Waals surface area contributed by atoms with E-state index in [2.05, 4.69) is 81.6 Å². The minimum Gasteiger partial charge on any atom is -1.00 e. The fourth-order valence-corrected chi connectivity index (χ4v) is 9.94. The summed E-state index contributed by atoms with van der Waals surface area (Å²) in [5.41, 5.74) is 7.41. The fourth-order valence-electron chi connectivity index (χ4n) is 9.94. The molecule has 8 aromatic carbocycles. The number of aromatic nitrogens is 8. The van der Waals surface area contributed by atoms with Gasteiger partial charge in [0.15, 0.2) is 0 Å². The van der Waals surface area contributed by atoms with E-state index >= 15 is 0 Å². The number of hydrogen-bond acceptors (Lipinski definition) is 11. The van der Waals surface area contributed by atoms with Gasteiger partial charge in [0.2, 0.25) is 0 Å². The number of carboxylic acid groups (broad SMARTS) is 1. The zero-order chi connectivity index (χ0) is 57.5. The average molecular weight is 1550 g/mol. The molecule has 3 aromatic heterocycles. The van der Waals surface area contributed by atoms with Crippen molar-refractivity contribution in [1.82, 2.24) is 53.3 Å². The number of aromatic carboxylic acids is 1. The Balaban J connectivity index is 0.00000226. The maximum absolute atomic E-state index is 11.7. The Morgan fingerprint density at radius 3 is 1.00 bits per heavy atom. The van der Waals surface area contributed by atoms with Gasteiger partial charge in [-0.05, 0) is 155 Å². The monoisotopic (exact) mass is 1540 g/mol. The van der Waals surface area contributed by atoms with E-state index < -0.39 is 5.97 Å². The molecule has 2 aliphatic rings. The first-order valence-electron chi connectivity index (χ1n) is 26.8. The van der Waals surface area contributed by atoms with Gasteiger partial charge in [-0.15, -0.1) is 0 Å².